The molecule has 0 spiro atoms. The number of hydrogen-bond donors (Lipinski definition) is 1. The van der Waals surface area contributed by atoms with Crippen molar-refractivity contribution in [2.45, 2.75) is 13.1 Å². The fourth-order valence-corrected chi connectivity index (χ4v) is 2.77. The summed E-state index contributed by atoms with van der Waals surface area (Å²) < 4.78 is 1.66. The van der Waals surface area contributed by atoms with Gasteiger partial charge in [-0.3, -0.25) is 9.48 Å². The molecule has 102 valence electrons. The Hall–Kier alpha value is -1.85. The molecule has 1 amide bonds. The summed E-state index contributed by atoms with van der Waals surface area (Å²) in [5, 5.41) is 10.7. The van der Waals surface area contributed by atoms with Gasteiger partial charge in [0.05, 0.1) is 18.3 Å². The monoisotopic (exact) mass is 305 g/mol. The molecule has 0 radical (unpaired) electrons. The molecule has 1 N–H and O–H groups in total. The van der Waals surface area contributed by atoms with Crippen LogP contribution in [-0.4, -0.2) is 15.7 Å². The minimum atomic E-state index is -0.0663. The number of carbonyl (C=O) groups excluding carboxylic acids is 1. The molecule has 1 aromatic carbocycles. The predicted molar refractivity (Wildman–Crippen MR) is 80.9 cm³/mol. The Morgan fingerprint density at radius 3 is 3.10 bits per heavy atom. The second-order valence-corrected chi connectivity index (χ2v) is 5.83. The number of thiophene rings is 1. The molecule has 0 aliphatic heterocycles. The highest BCUT2D eigenvalue weighted by Gasteiger charge is 2.08. The Balaban J connectivity index is 1.69. The van der Waals surface area contributed by atoms with Gasteiger partial charge in [0, 0.05) is 15.3 Å². The molecular formula is C14H12ClN3OS. The molecule has 4 nitrogen and oxygen atoms in total. The van der Waals surface area contributed by atoms with Gasteiger partial charge in [-0.2, -0.15) is 5.10 Å². The standard InChI is InChI=1S/C14H12ClN3OS/c15-11-4-3-10-7-17-18(13(10)6-11)9-14(19)16-8-12-2-1-5-20-12/h1-7H,8-9H2,(H,16,19). The molecule has 20 heavy (non-hydrogen) atoms. The first-order valence-corrected chi connectivity index (χ1v) is 7.38. The van der Waals surface area contributed by atoms with Crippen LogP contribution in [0, 0.1) is 0 Å². The Kier molecular flexibility index (Phi) is 3.71. The number of halogens is 1. The fourth-order valence-electron chi connectivity index (χ4n) is 1.96. The van der Waals surface area contributed by atoms with E-state index in [2.05, 4.69) is 10.4 Å². The lowest BCUT2D eigenvalue weighted by Gasteiger charge is -2.05. The van der Waals surface area contributed by atoms with Crippen molar-refractivity contribution in [3.63, 3.8) is 0 Å². The highest BCUT2D eigenvalue weighted by Crippen LogP contribution is 2.18. The summed E-state index contributed by atoms with van der Waals surface area (Å²) in [7, 11) is 0. The van der Waals surface area contributed by atoms with Gasteiger partial charge in [0.2, 0.25) is 5.91 Å². The van der Waals surface area contributed by atoms with Crippen molar-refractivity contribution < 1.29 is 4.79 Å². The highest BCUT2D eigenvalue weighted by atomic mass is 35.5. The van der Waals surface area contributed by atoms with Gasteiger partial charge >= 0.3 is 0 Å². The van der Waals surface area contributed by atoms with Crippen LogP contribution in [0.15, 0.2) is 41.9 Å². The Morgan fingerprint density at radius 2 is 2.30 bits per heavy atom. The van der Waals surface area contributed by atoms with Crippen molar-refractivity contribution in [3.8, 4) is 0 Å². The maximum absolute atomic E-state index is 11.9. The molecule has 3 aromatic rings. The summed E-state index contributed by atoms with van der Waals surface area (Å²) in [4.78, 5) is 13.1. The lowest BCUT2D eigenvalue weighted by Crippen LogP contribution is -2.27. The molecule has 0 saturated carbocycles. The number of carbonyl (C=O) groups is 1. The van der Waals surface area contributed by atoms with E-state index in [0.717, 1.165) is 15.8 Å². The molecule has 0 saturated heterocycles. The summed E-state index contributed by atoms with van der Waals surface area (Å²) >= 11 is 7.60. The van der Waals surface area contributed by atoms with Gasteiger partial charge in [-0.05, 0) is 29.6 Å². The van der Waals surface area contributed by atoms with Crippen LogP contribution >= 0.6 is 22.9 Å². The first-order valence-electron chi connectivity index (χ1n) is 6.12. The van der Waals surface area contributed by atoms with Gasteiger partial charge in [-0.1, -0.05) is 17.7 Å². The minimum Gasteiger partial charge on any atom is -0.350 e. The van der Waals surface area contributed by atoms with Gasteiger partial charge in [0.1, 0.15) is 6.54 Å². The van der Waals surface area contributed by atoms with Crippen molar-refractivity contribution in [3.05, 3.63) is 51.8 Å². The van der Waals surface area contributed by atoms with Crippen molar-refractivity contribution in [1.82, 2.24) is 15.1 Å². The van der Waals surface area contributed by atoms with Crippen LogP contribution in [0.25, 0.3) is 10.9 Å². The van der Waals surface area contributed by atoms with Gasteiger partial charge < -0.3 is 5.32 Å². The van der Waals surface area contributed by atoms with Gasteiger partial charge in [-0.25, -0.2) is 0 Å². The molecule has 6 heteroatoms. The van der Waals surface area contributed by atoms with Gasteiger partial charge in [0.15, 0.2) is 0 Å². The lowest BCUT2D eigenvalue weighted by molar-refractivity contribution is -0.121. The number of fused-ring (bicyclic) bond motifs is 1. The topological polar surface area (TPSA) is 46.9 Å². The normalized spacial score (nSPS) is 10.8. The summed E-state index contributed by atoms with van der Waals surface area (Å²) in [6, 6.07) is 9.48. The highest BCUT2D eigenvalue weighted by molar-refractivity contribution is 7.09. The second-order valence-electron chi connectivity index (χ2n) is 4.36. The number of amides is 1. The third-order valence-electron chi connectivity index (χ3n) is 2.94. The van der Waals surface area contributed by atoms with Crippen molar-refractivity contribution >= 4 is 39.7 Å². The third-order valence-corrected chi connectivity index (χ3v) is 4.05. The van der Waals surface area contributed by atoms with Crippen LogP contribution in [0.2, 0.25) is 5.02 Å². The van der Waals surface area contributed by atoms with Crippen molar-refractivity contribution in [1.29, 1.82) is 0 Å². The number of hydrogen-bond acceptors (Lipinski definition) is 3. The Labute approximate surface area is 125 Å². The van der Waals surface area contributed by atoms with E-state index in [4.69, 9.17) is 11.6 Å². The van der Waals surface area contributed by atoms with E-state index in [9.17, 15) is 4.79 Å². The number of rotatable bonds is 4. The van der Waals surface area contributed by atoms with Gasteiger partial charge in [-0.15, -0.1) is 11.3 Å². The number of benzene rings is 1. The molecule has 0 aliphatic carbocycles. The van der Waals surface area contributed by atoms with Crippen LogP contribution in [0.5, 0.6) is 0 Å². The molecule has 0 bridgehead atoms. The van der Waals surface area contributed by atoms with Crippen molar-refractivity contribution in [2.75, 3.05) is 0 Å². The average molecular weight is 306 g/mol. The molecule has 0 fully saturated rings. The van der Waals surface area contributed by atoms with E-state index in [1.54, 1.807) is 22.2 Å². The third kappa shape index (κ3) is 2.84. The second kappa shape index (κ2) is 5.64. The Morgan fingerprint density at radius 1 is 1.40 bits per heavy atom. The van der Waals surface area contributed by atoms with Crippen LogP contribution in [-0.2, 0) is 17.9 Å². The number of nitrogens with one attached hydrogen (secondary N) is 1. The van der Waals surface area contributed by atoms with E-state index in [1.165, 1.54) is 0 Å². The van der Waals surface area contributed by atoms with E-state index < -0.39 is 0 Å². The van der Waals surface area contributed by atoms with E-state index >= 15 is 0 Å². The molecular weight excluding hydrogens is 294 g/mol. The SMILES string of the molecule is O=C(Cn1ncc2ccc(Cl)cc21)NCc1cccs1. The zero-order valence-corrected chi connectivity index (χ0v) is 12.1. The summed E-state index contributed by atoms with van der Waals surface area (Å²) in [5.41, 5.74) is 0.865. The largest absolute Gasteiger partial charge is 0.350 e. The molecule has 2 heterocycles. The van der Waals surface area contributed by atoms with Crippen LogP contribution in [0.4, 0.5) is 0 Å². The van der Waals surface area contributed by atoms with Crippen LogP contribution in [0.1, 0.15) is 4.88 Å². The van der Waals surface area contributed by atoms with Crippen molar-refractivity contribution in [2.24, 2.45) is 0 Å². The molecule has 0 atom stereocenters. The zero-order valence-electron chi connectivity index (χ0n) is 10.5. The fraction of sp³-hybridized carbons (Fsp3) is 0.143. The maximum Gasteiger partial charge on any atom is 0.242 e. The van der Waals surface area contributed by atoms with Crippen LogP contribution < -0.4 is 5.32 Å². The first-order chi connectivity index (χ1) is 9.72. The number of aromatic nitrogens is 2. The quantitative estimate of drug-likeness (QED) is 0.805. The van der Waals surface area contributed by atoms with E-state index in [0.29, 0.717) is 11.6 Å². The van der Waals surface area contributed by atoms with E-state index in [-0.39, 0.29) is 12.5 Å². The molecule has 3 rings (SSSR count). The maximum atomic E-state index is 11.9. The molecule has 0 unspecified atom stereocenters. The van der Waals surface area contributed by atoms with Gasteiger partial charge in [0.25, 0.3) is 0 Å². The number of nitrogens with zero attached hydrogens (tertiary/aromatic N) is 2. The lowest BCUT2D eigenvalue weighted by atomic mass is 10.2. The van der Waals surface area contributed by atoms with E-state index in [1.807, 2.05) is 35.7 Å². The molecule has 0 aliphatic rings. The first kappa shape index (κ1) is 13.1. The molecule has 2 aromatic heterocycles. The smallest absolute Gasteiger partial charge is 0.242 e. The zero-order chi connectivity index (χ0) is 13.9. The minimum absolute atomic E-state index is 0.0663. The average Bonchev–Trinajstić information content (AvgIpc) is 3.07. The summed E-state index contributed by atoms with van der Waals surface area (Å²) in [6.45, 7) is 0.742. The Bertz CT molecular complexity index is 736. The van der Waals surface area contributed by atoms with Crippen LogP contribution in [0.3, 0.4) is 0 Å². The summed E-state index contributed by atoms with van der Waals surface area (Å²) in [5.74, 6) is -0.0663. The predicted octanol–water partition coefficient (Wildman–Crippen LogP) is 3.07. The summed E-state index contributed by atoms with van der Waals surface area (Å²) in [6.07, 6.45) is 1.73.